The zero-order valence-corrected chi connectivity index (χ0v) is 12.7. The summed E-state index contributed by atoms with van der Waals surface area (Å²) in [5.74, 6) is -0.179. The highest BCUT2D eigenvalue weighted by atomic mass is 19.1. The van der Waals surface area contributed by atoms with Crippen LogP contribution >= 0.6 is 0 Å². The molecule has 0 aliphatic heterocycles. The van der Waals surface area contributed by atoms with Gasteiger partial charge in [0.05, 0.1) is 30.6 Å². The van der Waals surface area contributed by atoms with Gasteiger partial charge in [0.15, 0.2) is 0 Å². The summed E-state index contributed by atoms with van der Waals surface area (Å²) in [6.07, 6.45) is 2.36. The number of hydrogen-bond acceptors (Lipinski definition) is 4. The first-order valence-corrected chi connectivity index (χ1v) is 7.40. The smallest absolute Gasteiger partial charge is 0.226 e. The van der Waals surface area contributed by atoms with Crippen LogP contribution in [0.15, 0.2) is 59.3 Å². The molecular formula is C17H16FN3O3. The number of halogens is 1. The average Bonchev–Trinajstić information content (AvgIpc) is 3.25. The minimum Gasteiger partial charge on any atom is -0.467 e. The third-order valence-corrected chi connectivity index (χ3v) is 3.44. The second-order valence-corrected chi connectivity index (χ2v) is 5.24. The number of rotatable bonds is 6. The van der Waals surface area contributed by atoms with E-state index in [9.17, 15) is 14.3 Å². The molecular weight excluding hydrogens is 313 g/mol. The average molecular weight is 329 g/mol. The maximum atomic E-state index is 12.9. The molecule has 3 rings (SSSR count). The van der Waals surface area contributed by atoms with Gasteiger partial charge in [-0.3, -0.25) is 4.79 Å². The topological polar surface area (TPSA) is 80.3 Å². The molecule has 3 aromatic rings. The Kier molecular flexibility index (Phi) is 4.72. The lowest BCUT2D eigenvalue weighted by Gasteiger charge is -2.08. The van der Waals surface area contributed by atoms with Crippen molar-refractivity contribution in [3.05, 3.63) is 72.2 Å². The molecule has 2 aromatic heterocycles. The van der Waals surface area contributed by atoms with Gasteiger partial charge in [-0.05, 0) is 42.5 Å². The second kappa shape index (κ2) is 7.10. The first-order valence-electron chi connectivity index (χ1n) is 7.40. The Balaban J connectivity index is 1.54. The normalized spacial score (nSPS) is 12.1. The zero-order chi connectivity index (χ0) is 16.9. The molecule has 1 atom stereocenters. The fourth-order valence-electron chi connectivity index (χ4n) is 2.21. The Morgan fingerprint density at radius 1 is 1.29 bits per heavy atom. The van der Waals surface area contributed by atoms with Gasteiger partial charge in [-0.25, -0.2) is 9.07 Å². The molecule has 0 aliphatic rings. The van der Waals surface area contributed by atoms with E-state index in [1.54, 1.807) is 41.2 Å². The lowest BCUT2D eigenvalue weighted by Crippen LogP contribution is -2.29. The summed E-state index contributed by atoms with van der Waals surface area (Å²) in [6, 6.07) is 10.9. The van der Waals surface area contributed by atoms with Crippen molar-refractivity contribution in [2.45, 2.75) is 12.5 Å². The van der Waals surface area contributed by atoms with Gasteiger partial charge >= 0.3 is 0 Å². The molecule has 0 spiro atoms. The number of nitrogens with one attached hydrogen (secondary N) is 1. The van der Waals surface area contributed by atoms with Crippen LogP contribution in [0.2, 0.25) is 0 Å². The van der Waals surface area contributed by atoms with Crippen LogP contribution in [0, 0.1) is 5.82 Å². The number of aliphatic hydroxyl groups excluding tert-OH is 1. The fraction of sp³-hybridized carbons (Fsp3) is 0.176. The van der Waals surface area contributed by atoms with E-state index >= 15 is 0 Å². The van der Waals surface area contributed by atoms with Gasteiger partial charge in [0, 0.05) is 6.20 Å². The summed E-state index contributed by atoms with van der Waals surface area (Å²) >= 11 is 0. The number of furan rings is 1. The predicted octanol–water partition coefficient (Wildman–Crippen LogP) is 2.00. The van der Waals surface area contributed by atoms with Gasteiger partial charge in [0.1, 0.15) is 17.7 Å². The molecule has 6 nitrogen and oxygen atoms in total. The quantitative estimate of drug-likeness (QED) is 0.725. The standard InChI is InChI=1S/C17H16FN3O3/c18-12-3-5-14(6-4-12)21-8-7-13(20-21)10-17(23)19-11-15(22)16-2-1-9-24-16/h1-9,15,22H,10-11H2,(H,19,23)/t15-/m0/s1. The van der Waals surface area contributed by atoms with Gasteiger partial charge in [0.25, 0.3) is 0 Å². The highest BCUT2D eigenvalue weighted by molar-refractivity contribution is 5.78. The largest absolute Gasteiger partial charge is 0.467 e. The van der Waals surface area contributed by atoms with E-state index < -0.39 is 6.10 Å². The maximum Gasteiger partial charge on any atom is 0.226 e. The molecule has 124 valence electrons. The van der Waals surface area contributed by atoms with Crippen LogP contribution in [-0.4, -0.2) is 27.3 Å². The number of benzene rings is 1. The number of nitrogens with zero attached hydrogens (tertiary/aromatic N) is 2. The van der Waals surface area contributed by atoms with Gasteiger partial charge < -0.3 is 14.8 Å². The monoisotopic (exact) mass is 329 g/mol. The number of carbonyl (C=O) groups excluding carboxylic acids is 1. The Hall–Kier alpha value is -2.93. The minimum absolute atomic E-state index is 0.0605. The number of carbonyl (C=O) groups is 1. The molecule has 0 bridgehead atoms. The highest BCUT2D eigenvalue weighted by Crippen LogP contribution is 2.12. The van der Waals surface area contributed by atoms with Gasteiger partial charge in [-0.1, -0.05) is 0 Å². The Morgan fingerprint density at radius 2 is 2.08 bits per heavy atom. The van der Waals surface area contributed by atoms with E-state index in [1.165, 1.54) is 18.4 Å². The molecule has 2 heterocycles. The Morgan fingerprint density at radius 3 is 2.79 bits per heavy atom. The SMILES string of the molecule is O=C(Cc1ccn(-c2ccc(F)cc2)n1)NC[C@H](O)c1ccco1. The number of amides is 1. The second-order valence-electron chi connectivity index (χ2n) is 5.24. The highest BCUT2D eigenvalue weighted by Gasteiger charge is 2.13. The molecule has 0 aliphatic carbocycles. The van der Waals surface area contributed by atoms with E-state index in [0.717, 1.165) is 0 Å². The lowest BCUT2D eigenvalue weighted by atomic mass is 10.2. The van der Waals surface area contributed by atoms with Crippen molar-refractivity contribution in [1.82, 2.24) is 15.1 Å². The summed E-state index contributed by atoms with van der Waals surface area (Å²) in [4.78, 5) is 11.9. The van der Waals surface area contributed by atoms with Crippen molar-refractivity contribution in [2.75, 3.05) is 6.54 Å². The van der Waals surface area contributed by atoms with E-state index in [2.05, 4.69) is 10.4 Å². The molecule has 0 radical (unpaired) electrons. The van der Waals surface area contributed by atoms with Crippen molar-refractivity contribution in [3.8, 4) is 5.69 Å². The van der Waals surface area contributed by atoms with E-state index in [0.29, 0.717) is 17.1 Å². The molecule has 0 unspecified atom stereocenters. The van der Waals surface area contributed by atoms with Crippen molar-refractivity contribution < 1.29 is 18.7 Å². The third-order valence-electron chi connectivity index (χ3n) is 3.44. The third kappa shape index (κ3) is 3.88. The minimum atomic E-state index is -0.888. The number of hydrogen-bond donors (Lipinski definition) is 2. The molecule has 0 saturated carbocycles. The Labute approximate surface area is 137 Å². The summed E-state index contributed by atoms with van der Waals surface area (Å²) in [6.45, 7) is 0.0605. The van der Waals surface area contributed by atoms with Crippen LogP contribution in [0.25, 0.3) is 5.69 Å². The van der Waals surface area contributed by atoms with Crippen molar-refractivity contribution >= 4 is 5.91 Å². The maximum absolute atomic E-state index is 12.9. The van der Waals surface area contributed by atoms with Crippen LogP contribution in [0.3, 0.4) is 0 Å². The van der Waals surface area contributed by atoms with E-state index in [4.69, 9.17) is 4.42 Å². The van der Waals surface area contributed by atoms with Crippen LogP contribution in [0.5, 0.6) is 0 Å². The first-order chi connectivity index (χ1) is 11.6. The fourth-order valence-corrected chi connectivity index (χ4v) is 2.21. The van der Waals surface area contributed by atoms with Crippen molar-refractivity contribution in [2.24, 2.45) is 0 Å². The van der Waals surface area contributed by atoms with Crippen LogP contribution in [0.4, 0.5) is 4.39 Å². The molecule has 24 heavy (non-hydrogen) atoms. The number of aromatic nitrogens is 2. The van der Waals surface area contributed by atoms with Crippen LogP contribution in [0.1, 0.15) is 17.6 Å². The molecule has 1 aromatic carbocycles. The number of aliphatic hydroxyl groups is 1. The van der Waals surface area contributed by atoms with Crippen LogP contribution < -0.4 is 5.32 Å². The van der Waals surface area contributed by atoms with E-state index in [-0.39, 0.29) is 24.7 Å². The molecule has 2 N–H and O–H groups in total. The van der Waals surface area contributed by atoms with Crippen molar-refractivity contribution in [1.29, 1.82) is 0 Å². The molecule has 7 heteroatoms. The summed E-state index contributed by atoms with van der Waals surface area (Å²) in [5.41, 5.74) is 1.28. The summed E-state index contributed by atoms with van der Waals surface area (Å²) in [7, 11) is 0. The first kappa shape index (κ1) is 15.9. The lowest BCUT2D eigenvalue weighted by molar-refractivity contribution is -0.121. The Bertz CT molecular complexity index is 797. The molecule has 1 amide bonds. The zero-order valence-electron chi connectivity index (χ0n) is 12.7. The molecule has 0 fully saturated rings. The van der Waals surface area contributed by atoms with Crippen molar-refractivity contribution in [3.63, 3.8) is 0 Å². The van der Waals surface area contributed by atoms with Crippen LogP contribution in [-0.2, 0) is 11.2 Å². The van der Waals surface area contributed by atoms with Gasteiger partial charge in [-0.2, -0.15) is 5.10 Å². The molecule has 0 saturated heterocycles. The van der Waals surface area contributed by atoms with E-state index in [1.807, 2.05) is 0 Å². The van der Waals surface area contributed by atoms with Gasteiger partial charge in [-0.15, -0.1) is 0 Å². The predicted molar refractivity (Wildman–Crippen MR) is 83.9 cm³/mol. The summed E-state index contributed by atoms with van der Waals surface area (Å²) in [5, 5.41) is 16.7. The summed E-state index contributed by atoms with van der Waals surface area (Å²) < 4.78 is 19.6. The van der Waals surface area contributed by atoms with Gasteiger partial charge in [0.2, 0.25) is 5.91 Å².